The smallest absolute Gasteiger partial charge is 0.338 e. The van der Waals surface area contributed by atoms with Crippen LogP contribution < -0.4 is 20.2 Å². The van der Waals surface area contributed by atoms with Crippen molar-refractivity contribution in [2.45, 2.75) is 36.1 Å². The lowest BCUT2D eigenvalue weighted by atomic mass is 9.93. The molecule has 1 saturated heterocycles. The number of imide groups is 1. The molecule has 1 fully saturated rings. The molecule has 2 N–H and O–H groups in total. The fraction of sp³-hybridized carbons (Fsp3) is 0.448. The number of pyridine rings is 1. The second-order valence-corrected chi connectivity index (χ2v) is 10.5. The van der Waals surface area contributed by atoms with E-state index in [2.05, 4.69) is 34.2 Å². The molecule has 4 amide bonds. The van der Waals surface area contributed by atoms with Crippen molar-refractivity contribution in [1.82, 2.24) is 20.4 Å². The number of carbonyl (C=O) groups excluding carboxylic acids is 3. The number of hydrogen-bond donors (Lipinski definition) is 3. The van der Waals surface area contributed by atoms with Crippen molar-refractivity contribution < 1.29 is 37.8 Å². The number of likely N-dealkylation sites (tertiary alicyclic amines) is 1. The van der Waals surface area contributed by atoms with E-state index in [1.807, 2.05) is 23.1 Å². The van der Waals surface area contributed by atoms with Gasteiger partial charge in [-0.15, -0.1) is 12.6 Å². The van der Waals surface area contributed by atoms with Crippen molar-refractivity contribution in [3.05, 3.63) is 70.9 Å². The summed E-state index contributed by atoms with van der Waals surface area (Å²) in [6.45, 7) is 2.80. The van der Waals surface area contributed by atoms with Crippen LogP contribution in [0.15, 0.2) is 58.8 Å². The monoisotopic (exact) mass is 602 g/mol. The van der Waals surface area contributed by atoms with Crippen molar-refractivity contribution in [3.8, 4) is 0 Å². The standard InChI is InChI=1S/C29H36FN5O6S/c1-39-18-22-25(27(36)40-2)26(20-8-9-21(30)24(42)17-20)35(29(38)32-22)28(37)31-12-6-13-33-15-10-19(11-16-33)23-7-4-5-14-34(23)41-3/h4-5,7-9,14,17,19,26H,6,10-13,15-16,18H2,1-3H3,(H2-,31,32,36,37,38,42)/p+1. The van der Waals surface area contributed by atoms with Gasteiger partial charge in [0.25, 0.3) is 0 Å². The molecule has 0 aliphatic carbocycles. The van der Waals surface area contributed by atoms with Crippen molar-refractivity contribution in [2.75, 3.05) is 54.1 Å². The van der Waals surface area contributed by atoms with Crippen LogP contribution in [-0.2, 0) is 14.3 Å². The SMILES string of the molecule is COCC1=C(C(=O)OC)C(c2ccc(F)c(S)c2)N(C(=O)NCCCN2CCC(c3cccc[n+]3OC)CC2)C(=O)N1. The topological polar surface area (TPSA) is 113 Å². The fourth-order valence-corrected chi connectivity index (χ4v) is 5.68. The molecule has 2 aliphatic rings. The first kappa shape index (κ1) is 31.3. The zero-order chi connectivity index (χ0) is 30.2. The van der Waals surface area contributed by atoms with Crippen LogP contribution in [0.4, 0.5) is 14.0 Å². The summed E-state index contributed by atoms with van der Waals surface area (Å²) in [4.78, 5) is 48.2. The number of amides is 4. The van der Waals surface area contributed by atoms with E-state index < -0.39 is 29.9 Å². The van der Waals surface area contributed by atoms with Gasteiger partial charge in [-0.25, -0.2) is 23.7 Å². The molecular formula is C29H37FN5O6S+. The quantitative estimate of drug-likeness (QED) is 0.166. The Morgan fingerprint density at radius 1 is 1.17 bits per heavy atom. The maximum Gasteiger partial charge on any atom is 0.338 e. The number of urea groups is 2. The highest BCUT2D eigenvalue weighted by Gasteiger charge is 2.43. The van der Waals surface area contributed by atoms with Crippen molar-refractivity contribution in [3.63, 3.8) is 0 Å². The first-order valence-electron chi connectivity index (χ1n) is 13.7. The Morgan fingerprint density at radius 3 is 2.60 bits per heavy atom. The number of benzene rings is 1. The molecule has 0 bridgehead atoms. The van der Waals surface area contributed by atoms with Crippen LogP contribution in [0, 0.1) is 5.82 Å². The first-order chi connectivity index (χ1) is 20.3. The molecule has 0 saturated carbocycles. The van der Waals surface area contributed by atoms with E-state index in [-0.39, 0.29) is 22.8 Å². The second kappa shape index (κ2) is 14.5. The molecule has 1 unspecified atom stereocenters. The first-order valence-corrected chi connectivity index (χ1v) is 14.2. The number of methoxy groups -OCH3 is 2. The van der Waals surface area contributed by atoms with Crippen molar-refractivity contribution in [1.29, 1.82) is 0 Å². The van der Waals surface area contributed by atoms with Gasteiger partial charge in [-0.3, -0.25) is 4.84 Å². The summed E-state index contributed by atoms with van der Waals surface area (Å²) in [5, 5.41) is 5.38. The van der Waals surface area contributed by atoms with Gasteiger partial charge in [0.2, 0.25) is 11.9 Å². The maximum atomic E-state index is 14.0. The van der Waals surface area contributed by atoms with E-state index in [9.17, 15) is 18.8 Å². The van der Waals surface area contributed by atoms with Gasteiger partial charge in [0.05, 0.1) is 30.9 Å². The number of rotatable bonds is 10. The molecule has 42 heavy (non-hydrogen) atoms. The molecule has 0 spiro atoms. The zero-order valence-electron chi connectivity index (χ0n) is 24.0. The molecule has 0 radical (unpaired) electrons. The molecule has 2 aromatic rings. The Labute approximate surface area is 250 Å². The summed E-state index contributed by atoms with van der Waals surface area (Å²) in [6.07, 6.45) is 4.55. The van der Waals surface area contributed by atoms with E-state index in [0.29, 0.717) is 24.4 Å². The lowest BCUT2D eigenvalue weighted by Gasteiger charge is -2.37. The predicted octanol–water partition coefficient (Wildman–Crippen LogP) is 2.58. The van der Waals surface area contributed by atoms with Crippen LogP contribution >= 0.6 is 12.6 Å². The van der Waals surface area contributed by atoms with Gasteiger partial charge >= 0.3 is 18.0 Å². The lowest BCUT2D eigenvalue weighted by molar-refractivity contribution is -0.891. The van der Waals surface area contributed by atoms with Gasteiger partial charge in [0.15, 0.2) is 0 Å². The summed E-state index contributed by atoms with van der Waals surface area (Å²) in [6, 6.07) is 7.35. The number of esters is 1. The number of aromatic nitrogens is 1. The van der Waals surface area contributed by atoms with Gasteiger partial charge < -0.3 is 25.0 Å². The molecule has 2 aliphatic heterocycles. The van der Waals surface area contributed by atoms with Gasteiger partial charge in [0.1, 0.15) is 19.0 Å². The van der Waals surface area contributed by atoms with E-state index >= 15 is 0 Å². The summed E-state index contributed by atoms with van der Waals surface area (Å²) < 4.78 is 26.0. The molecule has 13 heteroatoms. The van der Waals surface area contributed by atoms with Crippen LogP contribution in [0.3, 0.4) is 0 Å². The summed E-state index contributed by atoms with van der Waals surface area (Å²) in [5.74, 6) is -0.935. The third-order valence-corrected chi connectivity index (χ3v) is 7.86. The number of halogens is 1. The number of hydrogen-bond acceptors (Lipinski definition) is 8. The Kier molecular flexibility index (Phi) is 10.8. The summed E-state index contributed by atoms with van der Waals surface area (Å²) >= 11 is 4.15. The van der Waals surface area contributed by atoms with Crippen LogP contribution in [0.25, 0.3) is 0 Å². The van der Waals surface area contributed by atoms with Gasteiger partial charge in [-0.2, -0.15) is 0 Å². The minimum Gasteiger partial charge on any atom is -0.466 e. The second-order valence-electron chi connectivity index (χ2n) is 10.1. The fourth-order valence-electron chi connectivity index (χ4n) is 5.46. The van der Waals surface area contributed by atoms with Gasteiger partial charge in [-0.1, -0.05) is 6.07 Å². The largest absolute Gasteiger partial charge is 0.466 e. The van der Waals surface area contributed by atoms with E-state index in [4.69, 9.17) is 14.3 Å². The average Bonchev–Trinajstić information content (AvgIpc) is 3.00. The Bertz CT molecular complexity index is 1330. The minimum atomic E-state index is -1.19. The number of nitrogens with zero attached hydrogens (tertiary/aromatic N) is 3. The zero-order valence-corrected chi connectivity index (χ0v) is 24.9. The van der Waals surface area contributed by atoms with Gasteiger partial charge in [0, 0.05) is 35.4 Å². The Morgan fingerprint density at radius 2 is 1.93 bits per heavy atom. The maximum absolute atomic E-state index is 14.0. The number of piperidine rings is 1. The molecule has 1 aromatic heterocycles. The minimum absolute atomic E-state index is 0.00409. The number of thiol groups is 1. The highest BCUT2D eigenvalue weighted by molar-refractivity contribution is 7.80. The third kappa shape index (κ3) is 7.02. The summed E-state index contributed by atoms with van der Waals surface area (Å²) in [7, 11) is 4.27. The van der Waals surface area contributed by atoms with Crippen molar-refractivity contribution >= 4 is 30.7 Å². The lowest BCUT2D eigenvalue weighted by Crippen LogP contribution is -2.55. The van der Waals surface area contributed by atoms with E-state index in [0.717, 1.165) is 43.1 Å². The summed E-state index contributed by atoms with van der Waals surface area (Å²) in [5.41, 5.74) is 1.63. The van der Waals surface area contributed by atoms with E-state index in [1.54, 1.807) is 7.11 Å². The van der Waals surface area contributed by atoms with Crippen LogP contribution in [0.2, 0.25) is 0 Å². The molecule has 226 valence electrons. The number of nitrogens with one attached hydrogen (secondary N) is 2. The normalized spacial score (nSPS) is 18.1. The van der Waals surface area contributed by atoms with Crippen LogP contribution in [-0.4, -0.2) is 81.9 Å². The highest BCUT2D eigenvalue weighted by atomic mass is 32.1. The predicted molar refractivity (Wildman–Crippen MR) is 153 cm³/mol. The van der Waals surface area contributed by atoms with E-state index in [1.165, 1.54) is 32.4 Å². The molecule has 3 heterocycles. The Balaban J connectivity index is 1.41. The highest BCUT2D eigenvalue weighted by Crippen LogP contribution is 2.36. The third-order valence-electron chi connectivity index (χ3n) is 7.52. The molecule has 1 aromatic carbocycles. The van der Waals surface area contributed by atoms with Crippen molar-refractivity contribution in [2.24, 2.45) is 0 Å². The Hall–Kier alpha value is -3.68. The van der Waals surface area contributed by atoms with Crippen LogP contribution in [0.1, 0.15) is 42.5 Å². The van der Waals surface area contributed by atoms with Gasteiger partial charge in [-0.05, 0) is 62.7 Å². The molecule has 4 rings (SSSR count). The molecule has 11 nitrogen and oxygen atoms in total. The average molecular weight is 603 g/mol. The number of ether oxygens (including phenoxy) is 2. The molecular weight excluding hydrogens is 565 g/mol. The van der Waals surface area contributed by atoms with Crippen LogP contribution in [0.5, 0.6) is 0 Å². The number of carbonyl (C=O) groups is 3. The molecule has 1 atom stereocenters.